The van der Waals surface area contributed by atoms with E-state index in [2.05, 4.69) is 4.98 Å². The molecule has 3 aliphatic heterocycles. The first kappa shape index (κ1) is 23.9. The molecule has 0 amide bonds. The van der Waals surface area contributed by atoms with Gasteiger partial charge in [-0.2, -0.15) is 44.5 Å². The molecule has 3 aliphatic rings. The van der Waals surface area contributed by atoms with Crippen LogP contribution in [0.1, 0.15) is 12.8 Å². The molecule has 4 heterocycles. The van der Waals surface area contributed by atoms with Crippen molar-refractivity contribution in [3.8, 4) is 0 Å². The van der Waals surface area contributed by atoms with E-state index in [1.54, 1.807) is 0 Å². The van der Waals surface area contributed by atoms with Crippen molar-refractivity contribution in [2.24, 2.45) is 0 Å². The standard InChI is InChI=1S/C17H17F9N4O3/c18-15(19,20)10-1-2-28-12(31)4-11(29-5-9-3-8(29)6-33-9)27-13(28)30(10)7-14(32,16(21,22)23)17(24,25)26/h4,8-10,32H,1-3,5-7H2/t8?,9?,10-/m0/s1. The predicted molar refractivity (Wildman–Crippen MR) is 92.9 cm³/mol. The van der Waals surface area contributed by atoms with Gasteiger partial charge in [0.05, 0.1) is 25.3 Å². The first-order valence-corrected chi connectivity index (χ1v) is 9.72. The molecule has 3 atom stereocenters. The molecule has 16 heteroatoms. The third-order valence-electron chi connectivity index (χ3n) is 6.14. The van der Waals surface area contributed by atoms with Crippen molar-refractivity contribution in [3.05, 3.63) is 16.4 Å². The minimum atomic E-state index is -6.35. The fourth-order valence-corrected chi connectivity index (χ4v) is 4.39. The number of anilines is 2. The van der Waals surface area contributed by atoms with Gasteiger partial charge in [0.15, 0.2) is 0 Å². The Morgan fingerprint density at radius 1 is 1.09 bits per heavy atom. The average Bonchev–Trinajstić information content (AvgIpc) is 3.29. The molecular formula is C17H17F9N4O3. The van der Waals surface area contributed by atoms with E-state index in [9.17, 15) is 49.4 Å². The monoisotopic (exact) mass is 496 g/mol. The number of hydrogen-bond acceptors (Lipinski definition) is 6. The second-order valence-corrected chi connectivity index (χ2v) is 8.23. The summed E-state index contributed by atoms with van der Waals surface area (Å²) in [6.45, 7) is -2.75. The van der Waals surface area contributed by atoms with E-state index in [4.69, 9.17) is 4.74 Å². The molecule has 0 spiro atoms. The van der Waals surface area contributed by atoms with E-state index in [1.807, 2.05) is 0 Å². The lowest BCUT2D eigenvalue weighted by Crippen LogP contribution is -2.66. The van der Waals surface area contributed by atoms with E-state index in [0.29, 0.717) is 11.0 Å². The second kappa shape index (κ2) is 7.38. The van der Waals surface area contributed by atoms with Gasteiger partial charge in [0, 0.05) is 19.2 Å². The van der Waals surface area contributed by atoms with Gasteiger partial charge in [0.2, 0.25) is 5.95 Å². The lowest BCUT2D eigenvalue weighted by Gasteiger charge is -2.44. The van der Waals surface area contributed by atoms with E-state index in [-0.39, 0.29) is 36.0 Å². The minimum absolute atomic E-state index is 0.183. The summed E-state index contributed by atoms with van der Waals surface area (Å²) in [5.74, 6) is -1.21. The molecule has 0 saturated carbocycles. The number of rotatable bonds is 3. The summed E-state index contributed by atoms with van der Waals surface area (Å²) in [7, 11) is 0. The molecule has 186 valence electrons. The van der Waals surface area contributed by atoms with Gasteiger partial charge in [0.1, 0.15) is 11.9 Å². The Morgan fingerprint density at radius 3 is 2.21 bits per heavy atom. The molecule has 33 heavy (non-hydrogen) atoms. The number of nitrogens with zero attached hydrogens (tertiary/aromatic N) is 4. The summed E-state index contributed by atoms with van der Waals surface area (Å²) in [5.41, 5.74) is -6.44. The molecule has 1 aromatic rings. The lowest BCUT2D eigenvalue weighted by atomic mass is 9.99. The van der Waals surface area contributed by atoms with Crippen molar-refractivity contribution in [2.45, 2.75) is 61.7 Å². The van der Waals surface area contributed by atoms with Crippen LogP contribution in [-0.2, 0) is 11.3 Å². The van der Waals surface area contributed by atoms with Gasteiger partial charge in [-0.1, -0.05) is 0 Å². The lowest BCUT2D eigenvalue weighted by molar-refractivity contribution is -0.364. The summed E-state index contributed by atoms with van der Waals surface area (Å²) in [5, 5.41) is 9.58. The zero-order chi connectivity index (χ0) is 24.6. The maximum absolute atomic E-state index is 13.7. The first-order valence-electron chi connectivity index (χ1n) is 9.72. The summed E-state index contributed by atoms with van der Waals surface area (Å²) in [6.07, 6.45) is -18.7. The Kier molecular flexibility index (Phi) is 5.35. The fraction of sp³-hybridized carbons (Fsp3) is 0.765. The van der Waals surface area contributed by atoms with Gasteiger partial charge < -0.3 is 19.6 Å². The number of β-amino-alcohol motifs (C(OH)–C–C–N with tert-alkyl or cyclic N) is 1. The van der Waals surface area contributed by atoms with Gasteiger partial charge in [-0.3, -0.25) is 9.36 Å². The molecule has 0 radical (unpaired) electrons. The molecule has 2 saturated heterocycles. The zero-order valence-electron chi connectivity index (χ0n) is 16.5. The van der Waals surface area contributed by atoms with E-state index >= 15 is 0 Å². The normalized spacial score (nSPS) is 26.2. The van der Waals surface area contributed by atoms with Crippen LogP contribution in [0.4, 0.5) is 51.3 Å². The highest BCUT2D eigenvalue weighted by molar-refractivity contribution is 5.49. The van der Waals surface area contributed by atoms with E-state index < -0.39 is 61.2 Å². The third-order valence-corrected chi connectivity index (χ3v) is 6.14. The summed E-state index contributed by atoms with van der Waals surface area (Å²) in [6, 6.07) is -2.16. The Balaban J connectivity index is 1.83. The highest BCUT2D eigenvalue weighted by atomic mass is 19.4. The fourth-order valence-electron chi connectivity index (χ4n) is 4.39. The van der Waals surface area contributed by atoms with Crippen molar-refractivity contribution < 1.29 is 49.4 Å². The van der Waals surface area contributed by atoms with Gasteiger partial charge in [0.25, 0.3) is 11.2 Å². The molecule has 4 rings (SSSR count). The minimum Gasteiger partial charge on any atom is -0.374 e. The van der Waals surface area contributed by atoms with E-state index in [0.717, 1.165) is 6.07 Å². The van der Waals surface area contributed by atoms with Crippen LogP contribution in [0.3, 0.4) is 0 Å². The molecule has 1 aromatic heterocycles. The highest BCUT2D eigenvalue weighted by Gasteiger charge is 2.72. The molecule has 7 nitrogen and oxygen atoms in total. The average molecular weight is 496 g/mol. The quantitative estimate of drug-likeness (QED) is 0.648. The number of aliphatic hydroxyl groups is 1. The van der Waals surface area contributed by atoms with Crippen LogP contribution >= 0.6 is 0 Å². The topological polar surface area (TPSA) is 70.8 Å². The van der Waals surface area contributed by atoms with Crippen LogP contribution in [0.5, 0.6) is 0 Å². The van der Waals surface area contributed by atoms with Gasteiger partial charge in [-0.15, -0.1) is 0 Å². The number of morpholine rings is 1. The highest BCUT2D eigenvalue weighted by Crippen LogP contribution is 2.46. The van der Waals surface area contributed by atoms with Crippen molar-refractivity contribution in [1.29, 1.82) is 0 Å². The smallest absolute Gasteiger partial charge is 0.374 e. The van der Waals surface area contributed by atoms with Gasteiger partial charge in [-0.05, 0) is 12.8 Å². The SMILES string of the molecule is O=c1cc(N2CC3CC2CO3)nc2n1CC[C@@H](C(F)(F)F)N2CC(O)(C(F)(F)F)C(F)(F)F. The maximum atomic E-state index is 13.7. The summed E-state index contributed by atoms with van der Waals surface area (Å²) >= 11 is 0. The number of fused-ring (bicyclic) bond motifs is 3. The molecule has 2 unspecified atom stereocenters. The van der Waals surface area contributed by atoms with Crippen LogP contribution in [0.2, 0.25) is 0 Å². The van der Waals surface area contributed by atoms with Crippen LogP contribution in [-0.4, -0.2) is 76.7 Å². The van der Waals surface area contributed by atoms with Crippen LogP contribution in [0.25, 0.3) is 0 Å². The predicted octanol–water partition coefficient (Wildman–Crippen LogP) is 2.22. The molecule has 0 aliphatic carbocycles. The Hall–Kier alpha value is -2.23. The number of alkyl halides is 9. The number of ether oxygens (including phenoxy) is 1. The molecule has 2 fully saturated rings. The summed E-state index contributed by atoms with van der Waals surface area (Å²) in [4.78, 5) is 17.6. The Morgan fingerprint density at radius 2 is 1.73 bits per heavy atom. The molecule has 1 N–H and O–H groups in total. The Bertz CT molecular complexity index is 960. The van der Waals surface area contributed by atoms with Crippen molar-refractivity contribution in [2.75, 3.05) is 29.5 Å². The number of halogens is 9. The van der Waals surface area contributed by atoms with Crippen molar-refractivity contribution >= 4 is 11.8 Å². The zero-order valence-corrected chi connectivity index (χ0v) is 16.5. The van der Waals surface area contributed by atoms with E-state index in [1.165, 1.54) is 4.90 Å². The number of aromatic nitrogens is 2. The molecule has 2 bridgehead atoms. The summed E-state index contributed by atoms with van der Waals surface area (Å²) < 4.78 is 127. The first-order chi connectivity index (χ1) is 15.0. The Labute approximate surface area is 179 Å². The number of hydrogen-bond donors (Lipinski definition) is 1. The largest absolute Gasteiger partial charge is 0.428 e. The second-order valence-electron chi connectivity index (χ2n) is 8.23. The van der Waals surface area contributed by atoms with Gasteiger partial charge in [-0.25, -0.2) is 0 Å². The van der Waals surface area contributed by atoms with Crippen LogP contribution < -0.4 is 15.4 Å². The molecule has 0 aromatic carbocycles. The van der Waals surface area contributed by atoms with Crippen molar-refractivity contribution in [3.63, 3.8) is 0 Å². The van der Waals surface area contributed by atoms with Crippen LogP contribution in [0, 0.1) is 0 Å². The third kappa shape index (κ3) is 3.90. The van der Waals surface area contributed by atoms with Gasteiger partial charge >= 0.3 is 18.5 Å². The van der Waals surface area contributed by atoms with Crippen molar-refractivity contribution in [1.82, 2.24) is 9.55 Å². The van der Waals surface area contributed by atoms with Crippen LogP contribution in [0.15, 0.2) is 10.9 Å². The maximum Gasteiger partial charge on any atom is 0.428 e. The molecular weight excluding hydrogens is 479 g/mol.